The number of hydrogen-bond donors (Lipinski definition) is 4. The van der Waals surface area contributed by atoms with Crippen LogP contribution in [0.5, 0.6) is 0 Å². The number of hydrogen-bond acceptors (Lipinski definition) is 10. The van der Waals surface area contributed by atoms with Gasteiger partial charge in [-0.3, -0.25) is 0 Å². The third-order valence-electron chi connectivity index (χ3n) is 1.08. The Bertz CT molecular complexity index is 402. The van der Waals surface area contributed by atoms with Crippen molar-refractivity contribution in [2.24, 2.45) is 0 Å². The molecular formula is C6H6N6S4. The van der Waals surface area contributed by atoms with Crippen LogP contribution in [0.25, 0.3) is 0 Å². The minimum atomic E-state index is 0.333. The van der Waals surface area contributed by atoms with Crippen molar-refractivity contribution in [2.45, 2.75) is 20.6 Å². The van der Waals surface area contributed by atoms with Gasteiger partial charge in [-0.15, -0.1) is 50.5 Å². The lowest BCUT2D eigenvalue weighted by atomic mass is 11.1. The zero-order chi connectivity index (χ0) is 12.0. The van der Waals surface area contributed by atoms with E-state index in [0.29, 0.717) is 20.6 Å². The van der Waals surface area contributed by atoms with Gasteiger partial charge in [-0.2, -0.15) is 15.0 Å². The van der Waals surface area contributed by atoms with Crippen LogP contribution in [-0.4, -0.2) is 29.9 Å². The Hall–Kier alpha value is -0.580. The third kappa shape index (κ3) is 5.49. The van der Waals surface area contributed by atoms with E-state index in [0.717, 1.165) is 0 Å². The van der Waals surface area contributed by atoms with Gasteiger partial charge in [0, 0.05) is 0 Å². The number of nitrogens with zero attached hydrogens (tertiary/aromatic N) is 6. The van der Waals surface area contributed by atoms with E-state index in [1.54, 1.807) is 0 Å². The van der Waals surface area contributed by atoms with Crippen LogP contribution in [0.4, 0.5) is 0 Å². The Morgan fingerprint density at radius 3 is 1.25 bits per heavy atom. The van der Waals surface area contributed by atoms with Crippen molar-refractivity contribution in [2.75, 3.05) is 0 Å². The van der Waals surface area contributed by atoms with Gasteiger partial charge in [0.25, 0.3) is 0 Å². The van der Waals surface area contributed by atoms with Gasteiger partial charge in [0.1, 0.15) is 12.7 Å². The first-order valence-electron chi connectivity index (χ1n) is 3.72. The summed E-state index contributed by atoms with van der Waals surface area (Å²) in [6.07, 6.45) is 2.80. The fourth-order valence-corrected chi connectivity index (χ4v) is 1.48. The van der Waals surface area contributed by atoms with Crippen molar-refractivity contribution in [1.82, 2.24) is 29.9 Å². The maximum atomic E-state index is 3.86. The van der Waals surface area contributed by atoms with Crippen LogP contribution >= 0.6 is 50.5 Å². The molecule has 2 aromatic rings. The van der Waals surface area contributed by atoms with E-state index >= 15 is 0 Å². The molecule has 0 radical (unpaired) electrons. The van der Waals surface area contributed by atoms with Gasteiger partial charge in [-0.1, -0.05) is 0 Å². The van der Waals surface area contributed by atoms with Gasteiger partial charge in [-0.25, -0.2) is 15.0 Å². The molecule has 2 heterocycles. The van der Waals surface area contributed by atoms with Crippen LogP contribution < -0.4 is 0 Å². The highest BCUT2D eigenvalue weighted by Crippen LogP contribution is 2.04. The van der Waals surface area contributed by atoms with Gasteiger partial charge < -0.3 is 0 Å². The Morgan fingerprint density at radius 2 is 1.00 bits per heavy atom. The molecule has 0 aliphatic rings. The van der Waals surface area contributed by atoms with Crippen LogP contribution in [-0.2, 0) is 0 Å². The molecule has 0 aliphatic carbocycles. The average Bonchev–Trinajstić information content (AvgIpc) is 2.17. The van der Waals surface area contributed by atoms with Gasteiger partial charge in [0.15, 0.2) is 20.6 Å². The lowest BCUT2D eigenvalue weighted by Crippen LogP contribution is -1.90. The Labute approximate surface area is 113 Å². The smallest absolute Gasteiger partial charge is 0.189 e. The summed E-state index contributed by atoms with van der Waals surface area (Å²) in [5, 5.41) is 1.45. The Kier molecular flexibility index (Phi) is 5.80. The predicted octanol–water partition coefficient (Wildman–Crippen LogP) is 0.898. The van der Waals surface area contributed by atoms with Crippen molar-refractivity contribution < 1.29 is 0 Å². The van der Waals surface area contributed by atoms with Gasteiger partial charge in [-0.05, 0) is 0 Å². The van der Waals surface area contributed by atoms with Crippen LogP contribution in [0.3, 0.4) is 0 Å². The van der Waals surface area contributed by atoms with Gasteiger partial charge in [0.05, 0.1) is 0 Å². The zero-order valence-corrected chi connectivity index (χ0v) is 11.2. The van der Waals surface area contributed by atoms with E-state index in [1.807, 2.05) is 0 Å². The molecule has 0 fully saturated rings. The number of rotatable bonds is 0. The molecule has 0 amide bonds. The van der Waals surface area contributed by atoms with Crippen molar-refractivity contribution in [3.8, 4) is 0 Å². The second kappa shape index (κ2) is 6.89. The Balaban J connectivity index is 0.000000165. The normalized spacial score (nSPS) is 9.25. The molecule has 6 nitrogen and oxygen atoms in total. The number of aromatic nitrogens is 6. The first-order valence-corrected chi connectivity index (χ1v) is 5.50. The highest BCUT2D eigenvalue weighted by atomic mass is 32.1. The van der Waals surface area contributed by atoms with Crippen molar-refractivity contribution in [1.29, 1.82) is 0 Å². The summed E-state index contributed by atoms with van der Waals surface area (Å²) < 4.78 is 0. The minimum Gasteiger partial charge on any atom is -0.225 e. The minimum absolute atomic E-state index is 0.333. The van der Waals surface area contributed by atoms with E-state index in [4.69, 9.17) is 0 Å². The average molecular weight is 290 g/mol. The lowest BCUT2D eigenvalue weighted by Gasteiger charge is -1.91. The largest absolute Gasteiger partial charge is 0.225 e. The van der Waals surface area contributed by atoms with Gasteiger partial charge in [0.2, 0.25) is 0 Å². The predicted molar refractivity (Wildman–Crippen MR) is 68.7 cm³/mol. The van der Waals surface area contributed by atoms with Crippen molar-refractivity contribution in [3.63, 3.8) is 0 Å². The van der Waals surface area contributed by atoms with E-state index in [2.05, 4.69) is 80.4 Å². The second-order valence-corrected chi connectivity index (χ2v) is 3.77. The molecular weight excluding hydrogens is 284 g/mol. The second-order valence-electron chi connectivity index (χ2n) is 2.17. The first-order chi connectivity index (χ1) is 7.58. The van der Waals surface area contributed by atoms with Crippen LogP contribution in [0, 0.1) is 0 Å². The molecule has 0 atom stereocenters. The summed E-state index contributed by atoms with van der Waals surface area (Å²) in [5.74, 6) is 0. The zero-order valence-electron chi connectivity index (χ0n) is 7.63. The lowest BCUT2D eigenvalue weighted by molar-refractivity contribution is 0.725. The molecule has 2 rings (SSSR count). The Morgan fingerprint density at radius 1 is 0.625 bits per heavy atom. The fourth-order valence-electron chi connectivity index (χ4n) is 0.576. The first kappa shape index (κ1) is 13.5. The van der Waals surface area contributed by atoms with E-state index in [-0.39, 0.29) is 0 Å². The maximum Gasteiger partial charge on any atom is 0.189 e. The molecule has 84 valence electrons. The number of thiol groups is 4. The van der Waals surface area contributed by atoms with E-state index in [9.17, 15) is 0 Å². The monoisotopic (exact) mass is 290 g/mol. The molecule has 0 saturated heterocycles. The standard InChI is InChI=1S/C3H3N3S3.C3H3N3S/c7-1-4-2(8)6-3(9)5-1;7-3-5-1-4-2-6-3/h(H3,4,5,6,7,8,9);1-2H,(H,4,5,6,7). The summed E-state index contributed by atoms with van der Waals surface area (Å²) in [5.41, 5.74) is 0. The van der Waals surface area contributed by atoms with E-state index in [1.165, 1.54) is 12.7 Å². The summed E-state index contributed by atoms with van der Waals surface area (Å²) in [7, 11) is 0. The molecule has 0 bridgehead atoms. The summed E-state index contributed by atoms with van der Waals surface area (Å²) in [6, 6.07) is 0. The molecule has 0 saturated carbocycles. The molecule has 0 aromatic carbocycles. The molecule has 2 aromatic heterocycles. The quantitative estimate of drug-likeness (QED) is 0.540. The van der Waals surface area contributed by atoms with Crippen LogP contribution in [0.2, 0.25) is 0 Å². The van der Waals surface area contributed by atoms with Crippen LogP contribution in [0.1, 0.15) is 0 Å². The van der Waals surface area contributed by atoms with Crippen molar-refractivity contribution in [3.05, 3.63) is 12.7 Å². The molecule has 16 heavy (non-hydrogen) atoms. The molecule has 0 spiro atoms. The highest BCUT2D eigenvalue weighted by Gasteiger charge is 1.94. The third-order valence-corrected chi connectivity index (χ3v) is 1.91. The van der Waals surface area contributed by atoms with Gasteiger partial charge >= 0.3 is 0 Å². The van der Waals surface area contributed by atoms with Crippen molar-refractivity contribution >= 4 is 50.5 Å². The summed E-state index contributed by atoms with van der Waals surface area (Å²) in [6.45, 7) is 0. The van der Waals surface area contributed by atoms with E-state index < -0.39 is 0 Å². The topological polar surface area (TPSA) is 77.3 Å². The fraction of sp³-hybridized carbons (Fsp3) is 0. The molecule has 0 N–H and O–H groups in total. The SMILES string of the molecule is Sc1nc(S)nc(S)n1.Sc1ncncn1. The molecule has 0 unspecified atom stereocenters. The molecule has 0 aliphatic heterocycles. The van der Waals surface area contributed by atoms with Crippen LogP contribution in [0.15, 0.2) is 33.3 Å². The maximum absolute atomic E-state index is 3.86. The summed E-state index contributed by atoms with van der Waals surface area (Å²) >= 11 is 15.4. The highest BCUT2D eigenvalue weighted by molar-refractivity contribution is 7.81. The molecule has 10 heteroatoms. The summed E-state index contributed by atoms with van der Waals surface area (Å²) in [4.78, 5) is 21.9.